The molecule has 0 aliphatic rings. The second kappa shape index (κ2) is 8.77. The molecular weight excluding hydrogens is 482 g/mol. The zero-order valence-corrected chi connectivity index (χ0v) is 15.7. The summed E-state index contributed by atoms with van der Waals surface area (Å²) in [5, 5.41) is 2.81. The van der Waals surface area contributed by atoms with Gasteiger partial charge in [0, 0.05) is 25.8 Å². The van der Waals surface area contributed by atoms with Crippen molar-refractivity contribution >= 4 is 44.7 Å². The molecule has 0 saturated heterocycles. The summed E-state index contributed by atoms with van der Waals surface area (Å²) in [4.78, 5) is 0. The Morgan fingerprint density at radius 2 is 1.73 bits per heavy atom. The second-order valence-electron chi connectivity index (χ2n) is 3.20. The van der Waals surface area contributed by atoms with Crippen molar-refractivity contribution in [3.8, 4) is 0 Å². The Hall–Kier alpha value is 0.660. The maximum absolute atomic E-state index is 2.24. The topological polar surface area (TPSA) is 0 Å². The zero-order chi connectivity index (χ0) is 8.39. The van der Waals surface area contributed by atoms with E-state index in [0.717, 1.165) is 0 Å². The average molecular weight is 498 g/mol. The first-order valence-corrected chi connectivity index (χ1v) is 4.55. The van der Waals surface area contributed by atoms with Crippen LogP contribution < -0.4 is 0 Å². The molecule has 0 saturated carbocycles. The van der Waals surface area contributed by atoms with E-state index in [1.165, 1.54) is 29.2 Å². The quantitative estimate of drug-likeness (QED) is 0.418. The van der Waals surface area contributed by atoms with Crippen molar-refractivity contribution in [1.29, 1.82) is 0 Å². The summed E-state index contributed by atoms with van der Waals surface area (Å²) >= 11 is 0. The van der Waals surface area contributed by atoms with Crippen LogP contribution in [0.1, 0.15) is 18.9 Å². The van der Waals surface area contributed by atoms with Gasteiger partial charge in [-0.25, -0.2) is 0 Å². The van der Waals surface area contributed by atoms with Gasteiger partial charge in [-0.05, 0) is 0 Å². The number of hydrogen-bond donors (Lipinski definition) is 0. The van der Waals surface area contributed by atoms with Gasteiger partial charge < -0.3 is 0 Å². The van der Waals surface area contributed by atoms with Gasteiger partial charge in [-0.2, -0.15) is 6.07 Å². The molecule has 0 amide bonds. The van der Waals surface area contributed by atoms with Gasteiger partial charge in [0.2, 0.25) is 0 Å². The van der Waals surface area contributed by atoms with Gasteiger partial charge in [0.1, 0.15) is 0 Å². The van der Waals surface area contributed by atoms with E-state index in [1.807, 2.05) is 0 Å². The average Bonchev–Trinajstić information content (AvgIpc) is 2.50. The van der Waals surface area contributed by atoms with Crippen molar-refractivity contribution in [1.82, 2.24) is 0 Å². The molecule has 2 aromatic carbocycles. The van der Waals surface area contributed by atoms with Crippen molar-refractivity contribution in [2.24, 2.45) is 0 Å². The van der Waals surface area contributed by atoms with Crippen molar-refractivity contribution in [2.45, 2.75) is 19.8 Å². The molecule has 2 aromatic rings. The fraction of sp³-hybridized carbons (Fsp3) is 0.250. The van der Waals surface area contributed by atoms with Gasteiger partial charge in [-0.3, -0.25) is 0 Å². The molecule has 0 heterocycles. The maximum Gasteiger partial charge on any atom is 0 e. The van der Waals surface area contributed by atoms with Crippen molar-refractivity contribution in [3.63, 3.8) is 0 Å². The van der Waals surface area contributed by atoms with Crippen LogP contribution >= 0.6 is 34.0 Å². The van der Waals surface area contributed by atoms with E-state index in [9.17, 15) is 0 Å². The van der Waals surface area contributed by atoms with Crippen molar-refractivity contribution in [3.05, 3.63) is 42.0 Å². The molecule has 2 rings (SSSR count). The molecule has 0 N–H and O–H groups in total. The van der Waals surface area contributed by atoms with E-state index >= 15 is 0 Å². The van der Waals surface area contributed by atoms with Crippen LogP contribution in [0.5, 0.6) is 0 Å². The summed E-state index contributed by atoms with van der Waals surface area (Å²) in [5.74, 6) is 0. The van der Waals surface area contributed by atoms with E-state index in [-0.39, 0.29) is 59.8 Å². The number of fused-ring (bicyclic) bond motifs is 1. The number of aryl methyl sites for hydroxylation is 1. The van der Waals surface area contributed by atoms with Crippen LogP contribution in [-0.4, -0.2) is 0 Å². The third-order valence-corrected chi connectivity index (χ3v) is 2.29. The minimum atomic E-state index is 0. The molecule has 82 valence electrons. The smallest absolute Gasteiger partial charge is 0 e. The summed E-state index contributed by atoms with van der Waals surface area (Å²) in [6.45, 7) is 2.22. The number of hydrogen-bond acceptors (Lipinski definition) is 0. The summed E-state index contributed by atoms with van der Waals surface area (Å²) in [5.41, 5.74) is 1.49. The van der Waals surface area contributed by atoms with Crippen LogP contribution in [0.3, 0.4) is 0 Å². The molecule has 0 aromatic heterocycles. The van der Waals surface area contributed by atoms with E-state index < -0.39 is 0 Å². The Labute approximate surface area is 131 Å². The number of halogens is 2. The standard InChI is InChI=1S/C12H13.2BrH.Hf/c1-2-5-10-8-9-11-6-3-4-7-12(10)11;;;/h3-4,6-9H,2,5H2,1H3;2*1H;/q-1;;;. The minimum absolute atomic E-state index is 0. The Morgan fingerprint density at radius 3 is 2.40 bits per heavy atom. The fourth-order valence-electron chi connectivity index (χ4n) is 1.70. The second-order valence-corrected chi connectivity index (χ2v) is 3.20. The Morgan fingerprint density at radius 1 is 1.07 bits per heavy atom. The largest absolute Gasteiger partial charge is 0.168 e. The molecule has 0 nitrogen and oxygen atoms in total. The van der Waals surface area contributed by atoms with Crippen LogP contribution in [0.25, 0.3) is 10.8 Å². The van der Waals surface area contributed by atoms with Gasteiger partial charge in [0.05, 0.1) is 0 Å². The monoisotopic (exact) mass is 497 g/mol. The normalized spacial score (nSPS) is 8.60. The van der Waals surface area contributed by atoms with E-state index in [2.05, 4.69) is 43.3 Å². The van der Waals surface area contributed by atoms with Gasteiger partial charge in [0.25, 0.3) is 0 Å². The molecule has 0 unspecified atom stereocenters. The fourth-order valence-corrected chi connectivity index (χ4v) is 1.70. The Bertz CT molecular complexity index is 382. The van der Waals surface area contributed by atoms with Crippen LogP contribution in [0.4, 0.5) is 0 Å². The minimum Gasteiger partial charge on any atom is -0.168 e. The van der Waals surface area contributed by atoms with Gasteiger partial charge in [-0.15, -0.1) is 74.6 Å². The van der Waals surface area contributed by atoms with E-state index in [1.54, 1.807) is 0 Å². The van der Waals surface area contributed by atoms with Gasteiger partial charge >= 0.3 is 0 Å². The Kier molecular flexibility index (Phi) is 10.5. The van der Waals surface area contributed by atoms with E-state index in [0.29, 0.717) is 0 Å². The third-order valence-electron chi connectivity index (χ3n) is 2.29. The molecular formula is C12H15Br2Hf-. The first-order chi connectivity index (χ1) is 5.92. The van der Waals surface area contributed by atoms with Crippen LogP contribution in [0.2, 0.25) is 0 Å². The molecule has 0 atom stereocenters. The SMILES string of the molecule is Br.Br.CCC[c-]1ccc2ccccc21.[Hf]. The predicted molar refractivity (Wildman–Crippen MR) is 74.2 cm³/mol. The summed E-state index contributed by atoms with van der Waals surface area (Å²) in [6, 6.07) is 13.0. The molecule has 0 aliphatic carbocycles. The molecule has 0 aliphatic heterocycles. The first-order valence-electron chi connectivity index (χ1n) is 4.55. The molecule has 3 heteroatoms. The van der Waals surface area contributed by atoms with Gasteiger partial charge in [-0.1, -0.05) is 25.8 Å². The summed E-state index contributed by atoms with van der Waals surface area (Å²) in [6.07, 6.45) is 2.43. The molecule has 0 spiro atoms. The number of benzene rings is 1. The summed E-state index contributed by atoms with van der Waals surface area (Å²) in [7, 11) is 0. The third kappa shape index (κ3) is 4.20. The van der Waals surface area contributed by atoms with Crippen LogP contribution in [0.15, 0.2) is 36.4 Å². The molecule has 15 heavy (non-hydrogen) atoms. The van der Waals surface area contributed by atoms with Crippen molar-refractivity contribution < 1.29 is 25.8 Å². The first kappa shape index (κ1) is 18.0. The van der Waals surface area contributed by atoms with Crippen LogP contribution in [0, 0.1) is 0 Å². The predicted octanol–water partition coefficient (Wildman–Crippen LogP) is 4.66. The van der Waals surface area contributed by atoms with Gasteiger partial charge in [0.15, 0.2) is 0 Å². The number of rotatable bonds is 2. The maximum atomic E-state index is 2.24. The molecule has 0 radical (unpaired) electrons. The van der Waals surface area contributed by atoms with Crippen molar-refractivity contribution in [2.75, 3.05) is 0 Å². The summed E-state index contributed by atoms with van der Waals surface area (Å²) < 4.78 is 0. The van der Waals surface area contributed by atoms with Crippen LogP contribution in [-0.2, 0) is 32.3 Å². The zero-order valence-electron chi connectivity index (χ0n) is 8.69. The molecule has 0 bridgehead atoms. The molecule has 0 fully saturated rings. The van der Waals surface area contributed by atoms with E-state index in [4.69, 9.17) is 0 Å². The Balaban J connectivity index is 0.